The molecule has 0 fully saturated rings. The van der Waals surface area contributed by atoms with E-state index in [9.17, 15) is 8.42 Å². The van der Waals surface area contributed by atoms with Gasteiger partial charge in [0, 0.05) is 24.2 Å². The van der Waals surface area contributed by atoms with Gasteiger partial charge in [-0.05, 0) is 18.1 Å². The first-order valence-corrected chi connectivity index (χ1v) is 8.81. The molecule has 0 bridgehead atoms. The topological polar surface area (TPSA) is 64.0 Å². The molecule has 0 aliphatic rings. The third-order valence-corrected chi connectivity index (χ3v) is 5.04. The Hall–Kier alpha value is -1.37. The van der Waals surface area contributed by atoms with Gasteiger partial charge < -0.3 is 0 Å². The van der Waals surface area contributed by atoms with Crippen LogP contribution in [0.3, 0.4) is 0 Å². The molecule has 1 atom stereocenters. The Morgan fingerprint density at radius 2 is 2.05 bits per heavy atom. The molecule has 0 aliphatic carbocycles. The molecule has 2 aromatic rings. The van der Waals surface area contributed by atoms with Crippen LogP contribution in [0.1, 0.15) is 12.5 Å². The van der Waals surface area contributed by atoms with Crippen LogP contribution < -0.4 is 4.72 Å². The van der Waals surface area contributed by atoms with Gasteiger partial charge >= 0.3 is 0 Å². The van der Waals surface area contributed by atoms with Crippen molar-refractivity contribution in [3.63, 3.8) is 0 Å². The molecule has 0 saturated carbocycles. The number of rotatable bonds is 7. The van der Waals surface area contributed by atoms with Crippen molar-refractivity contribution in [3.8, 4) is 5.69 Å². The van der Waals surface area contributed by atoms with Gasteiger partial charge in [-0.25, -0.2) is 17.8 Å². The second-order valence-electron chi connectivity index (χ2n) is 4.99. The van der Waals surface area contributed by atoms with Crippen molar-refractivity contribution in [2.24, 2.45) is 5.92 Å². The van der Waals surface area contributed by atoms with Crippen molar-refractivity contribution < 1.29 is 8.42 Å². The highest BCUT2D eigenvalue weighted by molar-refractivity contribution is 7.89. The summed E-state index contributed by atoms with van der Waals surface area (Å²) in [6, 6.07) is 9.65. The molecule has 5 nitrogen and oxygen atoms in total. The van der Waals surface area contributed by atoms with Gasteiger partial charge in [0.2, 0.25) is 10.0 Å². The molecule has 1 aromatic carbocycles. The summed E-state index contributed by atoms with van der Waals surface area (Å²) in [6.07, 6.45) is 3.46. The minimum atomic E-state index is -3.32. The molecule has 1 aromatic heterocycles. The Balaban J connectivity index is 1.97. The van der Waals surface area contributed by atoms with Crippen LogP contribution in [-0.2, 0) is 16.6 Å². The van der Waals surface area contributed by atoms with E-state index < -0.39 is 10.0 Å². The number of nitrogens with zero attached hydrogens (tertiary/aromatic N) is 2. The predicted octanol–water partition coefficient (Wildman–Crippen LogP) is 2.17. The van der Waals surface area contributed by atoms with Crippen molar-refractivity contribution >= 4 is 21.6 Å². The Labute approximate surface area is 130 Å². The van der Waals surface area contributed by atoms with E-state index >= 15 is 0 Å². The minimum Gasteiger partial charge on any atom is -0.241 e. The highest BCUT2D eigenvalue weighted by Crippen LogP contribution is 2.08. The summed E-state index contributed by atoms with van der Waals surface area (Å²) in [5.74, 6) is 0.284. The standard InChI is InChI=1S/C14H18ClN3O2S/c1-12(7-15)11-21(19,20)17-9-13-8-16-18(10-13)14-5-3-2-4-6-14/h2-6,8,10,12,17H,7,9,11H2,1H3. The van der Waals surface area contributed by atoms with E-state index in [1.807, 2.05) is 36.5 Å². The van der Waals surface area contributed by atoms with Crippen LogP contribution in [0, 0.1) is 5.92 Å². The normalized spacial score (nSPS) is 13.2. The van der Waals surface area contributed by atoms with Crippen LogP contribution in [0.2, 0.25) is 0 Å². The van der Waals surface area contributed by atoms with E-state index in [4.69, 9.17) is 11.6 Å². The van der Waals surface area contributed by atoms with E-state index in [2.05, 4.69) is 9.82 Å². The molecule has 1 heterocycles. The molecule has 0 spiro atoms. The first kappa shape index (κ1) is 16.0. The maximum atomic E-state index is 11.9. The summed E-state index contributed by atoms with van der Waals surface area (Å²) < 4.78 is 28.0. The summed E-state index contributed by atoms with van der Waals surface area (Å²) in [5.41, 5.74) is 1.74. The van der Waals surface area contributed by atoms with Crippen LogP contribution in [0.15, 0.2) is 42.7 Å². The number of hydrogen-bond donors (Lipinski definition) is 1. The molecule has 0 radical (unpaired) electrons. The largest absolute Gasteiger partial charge is 0.241 e. The number of para-hydroxylation sites is 1. The smallest absolute Gasteiger partial charge is 0.212 e. The van der Waals surface area contributed by atoms with Gasteiger partial charge in [0.15, 0.2) is 0 Å². The highest BCUT2D eigenvalue weighted by atomic mass is 35.5. The first-order chi connectivity index (χ1) is 10.00. The Bertz CT molecular complexity index is 671. The van der Waals surface area contributed by atoms with E-state index in [0.29, 0.717) is 5.88 Å². The van der Waals surface area contributed by atoms with Crippen molar-refractivity contribution in [2.75, 3.05) is 11.6 Å². The third-order valence-electron chi connectivity index (χ3n) is 2.92. The van der Waals surface area contributed by atoms with E-state index in [0.717, 1.165) is 11.3 Å². The molecular weight excluding hydrogens is 310 g/mol. The summed E-state index contributed by atoms with van der Waals surface area (Å²) in [5, 5.41) is 4.22. The fraction of sp³-hybridized carbons (Fsp3) is 0.357. The zero-order valence-corrected chi connectivity index (χ0v) is 13.3. The highest BCUT2D eigenvalue weighted by Gasteiger charge is 2.15. The summed E-state index contributed by atoms with van der Waals surface area (Å²) in [4.78, 5) is 0. The SMILES string of the molecule is CC(CCl)CS(=O)(=O)NCc1cnn(-c2ccccc2)c1. The molecule has 0 aliphatic heterocycles. The molecule has 7 heteroatoms. The number of alkyl halides is 1. The number of aromatic nitrogens is 2. The van der Waals surface area contributed by atoms with Gasteiger partial charge in [0.25, 0.3) is 0 Å². The maximum Gasteiger partial charge on any atom is 0.212 e. The number of nitrogens with one attached hydrogen (secondary N) is 1. The van der Waals surface area contributed by atoms with Gasteiger partial charge in [-0.3, -0.25) is 0 Å². The second-order valence-corrected chi connectivity index (χ2v) is 7.15. The zero-order valence-electron chi connectivity index (χ0n) is 11.7. The summed E-state index contributed by atoms with van der Waals surface area (Å²) in [6.45, 7) is 2.03. The number of halogens is 1. The number of sulfonamides is 1. The van der Waals surface area contributed by atoms with E-state index in [-0.39, 0.29) is 18.2 Å². The Morgan fingerprint density at radius 3 is 2.71 bits per heavy atom. The first-order valence-electron chi connectivity index (χ1n) is 6.62. The van der Waals surface area contributed by atoms with Crippen LogP contribution in [0.5, 0.6) is 0 Å². The Kier molecular flexibility index (Phi) is 5.39. The molecule has 2 rings (SSSR count). The number of benzene rings is 1. The third kappa shape index (κ3) is 4.84. The van der Waals surface area contributed by atoms with E-state index in [1.165, 1.54) is 0 Å². The fourth-order valence-electron chi connectivity index (χ4n) is 1.84. The molecule has 0 amide bonds. The maximum absolute atomic E-state index is 11.9. The quantitative estimate of drug-likeness (QED) is 0.793. The van der Waals surface area contributed by atoms with Gasteiger partial charge in [-0.1, -0.05) is 25.1 Å². The molecule has 21 heavy (non-hydrogen) atoms. The lowest BCUT2D eigenvalue weighted by atomic mass is 10.3. The van der Waals surface area contributed by atoms with Crippen LogP contribution in [-0.4, -0.2) is 29.8 Å². The van der Waals surface area contributed by atoms with Gasteiger partial charge in [-0.15, -0.1) is 11.6 Å². The summed E-state index contributed by atoms with van der Waals surface area (Å²) >= 11 is 5.64. The molecule has 1 N–H and O–H groups in total. The van der Waals surface area contributed by atoms with Gasteiger partial charge in [0.1, 0.15) is 0 Å². The molecule has 114 valence electrons. The average molecular weight is 328 g/mol. The average Bonchev–Trinajstić information content (AvgIpc) is 2.95. The van der Waals surface area contributed by atoms with Crippen molar-refractivity contribution in [3.05, 3.63) is 48.3 Å². The monoisotopic (exact) mass is 327 g/mol. The molecule has 1 unspecified atom stereocenters. The van der Waals surface area contributed by atoms with Gasteiger partial charge in [0.05, 0.1) is 17.6 Å². The summed E-state index contributed by atoms with van der Waals surface area (Å²) in [7, 11) is -3.32. The Morgan fingerprint density at radius 1 is 1.33 bits per heavy atom. The van der Waals surface area contributed by atoms with Gasteiger partial charge in [-0.2, -0.15) is 5.10 Å². The lowest BCUT2D eigenvalue weighted by Crippen LogP contribution is -2.29. The fourth-order valence-corrected chi connectivity index (χ4v) is 3.45. The predicted molar refractivity (Wildman–Crippen MR) is 84.1 cm³/mol. The second kappa shape index (κ2) is 7.06. The lowest BCUT2D eigenvalue weighted by molar-refractivity contribution is 0.568. The minimum absolute atomic E-state index is 0.0311. The van der Waals surface area contributed by atoms with Crippen molar-refractivity contribution in [1.29, 1.82) is 0 Å². The van der Waals surface area contributed by atoms with Crippen molar-refractivity contribution in [1.82, 2.24) is 14.5 Å². The van der Waals surface area contributed by atoms with Crippen LogP contribution in [0.4, 0.5) is 0 Å². The van der Waals surface area contributed by atoms with Crippen LogP contribution in [0.25, 0.3) is 5.69 Å². The van der Waals surface area contributed by atoms with Crippen LogP contribution >= 0.6 is 11.6 Å². The zero-order chi connectivity index (χ0) is 15.3. The van der Waals surface area contributed by atoms with E-state index in [1.54, 1.807) is 17.8 Å². The lowest BCUT2D eigenvalue weighted by Gasteiger charge is -2.09. The number of hydrogen-bond acceptors (Lipinski definition) is 3. The molecule has 0 saturated heterocycles. The molecular formula is C14H18ClN3O2S. The van der Waals surface area contributed by atoms with Crippen molar-refractivity contribution in [2.45, 2.75) is 13.5 Å².